The zero-order chi connectivity index (χ0) is 14.9. The van der Waals surface area contributed by atoms with Gasteiger partial charge in [-0.2, -0.15) is 4.98 Å². The minimum Gasteiger partial charge on any atom is -0.361 e. The van der Waals surface area contributed by atoms with Gasteiger partial charge >= 0.3 is 0 Å². The number of benzene rings is 2. The fourth-order valence-electron chi connectivity index (χ4n) is 2.59. The van der Waals surface area contributed by atoms with Crippen LogP contribution in [-0.2, 0) is 6.42 Å². The number of aromatic amines is 1. The highest BCUT2D eigenvalue weighted by Crippen LogP contribution is 2.22. The van der Waals surface area contributed by atoms with Crippen LogP contribution in [0.1, 0.15) is 17.0 Å². The third kappa shape index (κ3) is 2.29. The molecule has 22 heavy (non-hydrogen) atoms. The van der Waals surface area contributed by atoms with Crippen LogP contribution in [0.5, 0.6) is 0 Å². The third-order valence-electron chi connectivity index (χ3n) is 3.79. The molecule has 0 saturated carbocycles. The van der Waals surface area contributed by atoms with Gasteiger partial charge in [-0.05, 0) is 18.6 Å². The molecule has 0 saturated heterocycles. The monoisotopic (exact) mass is 289 g/mol. The Morgan fingerprint density at radius 2 is 1.86 bits per heavy atom. The van der Waals surface area contributed by atoms with Gasteiger partial charge in [-0.3, -0.25) is 0 Å². The molecule has 1 N–H and O–H groups in total. The molecule has 0 unspecified atom stereocenters. The van der Waals surface area contributed by atoms with Gasteiger partial charge in [-0.25, -0.2) is 0 Å². The molecular formula is C18H15N3O. The molecule has 2 aromatic carbocycles. The van der Waals surface area contributed by atoms with E-state index in [-0.39, 0.29) is 0 Å². The summed E-state index contributed by atoms with van der Waals surface area (Å²) in [5.74, 6) is 1.26. The molecule has 4 nitrogen and oxygen atoms in total. The maximum atomic E-state index is 5.40. The zero-order valence-corrected chi connectivity index (χ0v) is 12.2. The molecule has 4 aromatic rings. The number of rotatable bonds is 3. The molecule has 0 aliphatic heterocycles. The minimum absolute atomic E-state index is 0.625. The second-order valence-corrected chi connectivity index (χ2v) is 5.41. The van der Waals surface area contributed by atoms with Crippen LogP contribution >= 0.6 is 0 Å². The lowest BCUT2D eigenvalue weighted by atomic mass is 10.1. The van der Waals surface area contributed by atoms with Crippen molar-refractivity contribution in [1.29, 1.82) is 0 Å². The maximum Gasteiger partial charge on any atom is 0.231 e. The Morgan fingerprint density at radius 3 is 2.73 bits per heavy atom. The number of H-pyrrole nitrogens is 1. The van der Waals surface area contributed by atoms with Gasteiger partial charge in [0.2, 0.25) is 11.7 Å². The Morgan fingerprint density at radius 1 is 1.05 bits per heavy atom. The first-order chi connectivity index (χ1) is 10.8. The summed E-state index contributed by atoms with van der Waals surface area (Å²) in [4.78, 5) is 7.76. The van der Waals surface area contributed by atoms with E-state index in [1.165, 1.54) is 10.9 Å². The summed E-state index contributed by atoms with van der Waals surface area (Å²) in [7, 11) is 0. The van der Waals surface area contributed by atoms with Gasteiger partial charge in [0.25, 0.3) is 0 Å². The topological polar surface area (TPSA) is 54.7 Å². The lowest BCUT2D eigenvalue weighted by molar-refractivity contribution is 0.386. The largest absolute Gasteiger partial charge is 0.361 e. The van der Waals surface area contributed by atoms with E-state index < -0.39 is 0 Å². The van der Waals surface area contributed by atoms with E-state index in [0.29, 0.717) is 18.1 Å². The molecule has 0 bridgehead atoms. The third-order valence-corrected chi connectivity index (χ3v) is 3.79. The van der Waals surface area contributed by atoms with Gasteiger partial charge in [0.1, 0.15) is 0 Å². The number of hydrogen-bond acceptors (Lipinski definition) is 3. The predicted octanol–water partition coefficient (Wildman–Crippen LogP) is 4.12. The molecule has 108 valence electrons. The van der Waals surface area contributed by atoms with Crippen molar-refractivity contribution in [3.8, 4) is 11.4 Å². The van der Waals surface area contributed by atoms with Gasteiger partial charge in [-0.1, -0.05) is 53.2 Å². The summed E-state index contributed by atoms with van der Waals surface area (Å²) in [6, 6.07) is 16.3. The highest BCUT2D eigenvalue weighted by molar-refractivity contribution is 5.83. The van der Waals surface area contributed by atoms with E-state index >= 15 is 0 Å². The van der Waals surface area contributed by atoms with E-state index in [1.807, 2.05) is 42.6 Å². The van der Waals surface area contributed by atoms with Crippen molar-refractivity contribution in [2.24, 2.45) is 0 Å². The van der Waals surface area contributed by atoms with Crippen molar-refractivity contribution in [2.75, 3.05) is 0 Å². The summed E-state index contributed by atoms with van der Waals surface area (Å²) in [5, 5.41) is 5.27. The van der Waals surface area contributed by atoms with Crippen molar-refractivity contribution < 1.29 is 4.52 Å². The SMILES string of the molecule is Cc1ccc(-c2noc(Cc3c[nH]c4ccccc34)n2)cc1. The van der Waals surface area contributed by atoms with Crippen LogP contribution in [-0.4, -0.2) is 15.1 Å². The number of aryl methyl sites for hydroxylation is 1. The first-order valence-corrected chi connectivity index (χ1v) is 7.24. The number of hydrogen-bond donors (Lipinski definition) is 1. The van der Waals surface area contributed by atoms with Crippen LogP contribution in [0.15, 0.2) is 59.3 Å². The lowest BCUT2D eigenvalue weighted by Gasteiger charge is -1.95. The summed E-state index contributed by atoms with van der Waals surface area (Å²) in [6.07, 6.45) is 2.63. The number of aromatic nitrogens is 3. The lowest BCUT2D eigenvalue weighted by Crippen LogP contribution is -1.87. The Labute approximate surface area is 127 Å². The van der Waals surface area contributed by atoms with Crippen LogP contribution in [0.3, 0.4) is 0 Å². The average molecular weight is 289 g/mol. The van der Waals surface area contributed by atoms with E-state index in [0.717, 1.165) is 16.6 Å². The van der Waals surface area contributed by atoms with E-state index in [1.54, 1.807) is 0 Å². The molecule has 0 atom stereocenters. The molecule has 2 aromatic heterocycles. The molecular weight excluding hydrogens is 274 g/mol. The predicted molar refractivity (Wildman–Crippen MR) is 85.6 cm³/mol. The number of nitrogens with one attached hydrogen (secondary N) is 1. The molecule has 0 fully saturated rings. The first-order valence-electron chi connectivity index (χ1n) is 7.24. The smallest absolute Gasteiger partial charge is 0.231 e. The Balaban J connectivity index is 1.63. The number of para-hydroxylation sites is 1. The van der Waals surface area contributed by atoms with Crippen LogP contribution in [0, 0.1) is 6.92 Å². The van der Waals surface area contributed by atoms with Crippen molar-refractivity contribution in [3.63, 3.8) is 0 Å². The van der Waals surface area contributed by atoms with Crippen LogP contribution < -0.4 is 0 Å². The molecule has 4 heteroatoms. The quantitative estimate of drug-likeness (QED) is 0.617. The minimum atomic E-state index is 0.625. The highest BCUT2D eigenvalue weighted by Gasteiger charge is 2.11. The van der Waals surface area contributed by atoms with Gasteiger partial charge in [0.05, 0.1) is 6.42 Å². The van der Waals surface area contributed by atoms with Crippen LogP contribution in [0.2, 0.25) is 0 Å². The second kappa shape index (κ2) is 5.15. The Kier molecular flexibility index (Phi) is 3.00. The van der Waals surface area contributed by atoms with E-state index in [9.17, 15) is 0 Å². The van der Waals surface area contributed by atoms with Crippen LogP contribution in [0.4, 0.5) is 0 Å². The van der Waals surface area contributed by atoms with Gasteiger partial charge < -0.3 is 9.51 Å². The zero-order valence-electron chi connectivity index (χ0n) is 12.2. The standard InChI is InChI=1S/C18H15N3O/c1-12-6-8-13(9-7-12)18-20-17(22-21-18)10-14-11-19-16-5-3-2-4-15(14)16/h2-9,11,19H,10H2,1H3. The van der Waals surface area contributed by atoms with Gasteiger partial charge in [-0.15, -0.1) is 0 Å². The number of fused-ring (bicyclic) bond motifs is 1. The fraction of sp³-hybridized carbons (Fsp3) is 0.111. The summed E-state index contributed by atoms with van der Waals surface area (Å²) < 4.78 is 5.40. The molecule has 0 aliphatic rings. The number of nitrogens with zero attached hydrogens (tertiary/aromatic N) is 2. The van der Waals surface area contributed by atoms with Crippen LogP contribution in [0.25, 0.3) is 22.3 Å². The molecule has 2 heterocycles. The van der Waals surface area contributed by atoms with E-state index in [2.05, 4.69) is 34.2 Å². The van der Waals surface area contributed by atoms with Gasteiger partial charge in [0, 0.05) is 22.7 Å². The fourth-order valence-corrected chi connectivity index (χ4v) is 2.59. The molecule has 0 aliphatic carbocycles. The van der Waals surface area contributed by atoms with E-state index in [4.69, 9.17) is 4.52 Å². The molecule has 0 spiro atoms. The molecule has 4 rings (SSSR count). The first kappa shape index (κ1) is 12.8. The van der Waals surface area contributed by atoms with Crippen molar-refractivity contribution in [2.45, 2.75) is 13.3 Å². The van der Waals surface area contributed by atoms with Gasteiger partial charge in [0.15, 0.2) is 0 Å². The second-order valence-electron chi connectivity index (χ2n) is 5.41. The normalized spacial score (nSPS) is 11.1. The van der Waals surface area contributed by atoms with Crippen molar-refractivity contribution in [1.82, 2.24) is 15.1 Å². The molecule has 0 radical (unpaired) electrons. The van der Waals surface area contributed by atoms with Crippen molar-refractivity contribution in [3.05, 3.63) is 71.7 Å². The Bertz CT molecular complexity index is 919. The summed E-state index contributed by atoms with van der Waals surface area (Å²) >= 11 is 0. The average Bonchev–Trinajstić information content (AvgIpc) is 3.16. The molecule has 0 amide bonds. The Hall–Kier alpha value is -2.88. The highest BCUT2D eigenvalue weighted by atomic mass is 16.5. The van der Waals surface area contributed by atoms with Crippen molar-refractivity contribution >= 4 is 10.9 Å². The summed E-state index contributed by atoms with van der Waals surface area (Å²) in [6.45, 7) is 2.06. The maximum absolute atomic E-state index is 5.40. The summed E-state index contributed by atoms with van der Waals surface area (Å²) in [5.41, 5.74) is 4.47.